The van der Waals surface area contributed by atoms with Crippen LogP contribution < -0.4 is 4.90 Å². The summed E-state index contributed by atoms with van der Waals surface area (Å²) in [5.41, 5.74) is 9.12. The molecule has 5 aromatic carbocycles. The lowest BCUT2D eigenvalue weighted by atomic mass is 9.99. The zero-order valence-electron chi connectivity index (χ0n) is 23.5. The van der Waals surface area contributed by atoms with Crippen molar-refractivity contribution < 1.29 is 9.53 Å². The van der Waals surface area contributed by atoms with Crippen molar-refractivity contribution in [1.29, 1.82) is 0 Å². The van der Waals surface area contributed by atoms with Gasteiger partial charge in [0.25, 0.3) is 0 Å². The molecule has 0 saturated carbocycles. The quantitative estimate of drug-likeness (QED) is 0.0783. The van der Waals surface area contributed by atoms with E-state index >= 15 is 0 Å². The summed E-state index contributed by atoms with van der Waals surface area (Å²) in [6.07, 6.45) is 3.57. The molecule has 5 nitrogen and oxygen atoms in total. The highest BCUT2D eigenvalue weighted by Gasteiger charge is 2.29. The maximum atomic E-state index is 13.0. The minimum absolute atomic E-state index is 0.306. The van der Waals surface area contributed by atoms with Crippen LogP contribution in [0.2, 0.25) is 0 Å². The molecule has 0 aliphatic heterocycles. The lowest BCUT2D eigenvalue weighted by Gasteiger charge is -2.25. The van der Waals surface area contributed by atoms with Crippen molar-refractivity contribution in [2.24, 2.45) is 10.2 Å². The van der Waals surface area contributed by atoms with E-state index in [9.17, 15) is 4.79 Å². The van der Waals surface area contributed by atoms with Crippen LogP contribution in [0.25, 0.3) is 11.1 Å². The van der Waals surface area contributed by atoms with Crippen molar-refractivity contribution in [3.63, 3.8) is 0 Å². The van der Waals surface area contributed by atoms with Crippen LogP contribution in [0.4, 0.5) is 17.1 Å². The fraction of sp³-hybridized carbons (Fsp3) is 0.108. The molecule has 0 aromatic heterocycles. The first-order valence-electron chi connectivity index (χ1n) is 14.3. The van der Waals surface area contributed by atoms with E-state index in [0.717, 1.165) is 63.4 Å². The molecule has 0 atom stereocenters. The van der Waals surface area contributed by atoms with Gasteiger partial charge in [0, 0.05) is 33.8 Å². The number of carbonyl (C=O) groups is 1. The predicted molar refractivity (Wildman–Crippen MR) is 171 cm³/mol. The Labute approximate surface area is 246 Å². The second-order valence-corrected chi connectivity index (χ2v) is 10.1. The molecule has 0 amide bonds. The molecule has 0 heterocycles. The molecule has 5 aromatic rings. The van der Waals surface area contributed by atoms with Gasteiger partial charge in [0.05, 0.1) is 18.4 Å². The van der Waals surface area contributed by atoms with E-state index in [1.807, 2.05) is 91.0 Å². The number of unbranched alkanes of at least 4 members (excludes halogenated alkanes) is 1. The van der Waals surface area contributed by atoms with E-state index < -0.39 is 0 Å². The van der Waals surface area contributed by atoms with Gasteiger partial charge in [-0.25, -0.2) is 4.79 Å². The third-order valence-electron chi connectivity index (χ3n) is 7.27. The number of para-hydroxylation sites is 2. The zero-order valence-corrected chi connectivity index (χ0v) is 23.5. The van der Waals surface area contributed by atoms with Gasteiger partial charge in [0.15, 0.2) is 0 Å². The maximum Gasteiger partial charge on any atom is 0.338 e. The molecule has 1 aliphatic rings. The number of carbonyl (C=O) groups excluding carboxylic acids is 1. The number of anilines is 3. The first kappa shape index (κ1) is 26.9. The number of ether oxygens (including phenoxy) is 1. The third-order valence-corrected chi connectivity index (χ3v) is 7.27. The van der Waals surface area contributed by atoms with Gasteiger partial charge in [-0.3, -0.25) is 0 Å². The molecule has 0 spiro atoms. The maximum absolute atomic E-state index is 13.0. The molecular formula is C37H31N3O2. The molecule has 5 heteroatoms. The van der Waals surface area contributed by atoms with E-state index in [2.05, 4.69) is 58.4 Å². The highest BCUT2D eigenvalue weighted by Crippen LogP contribution is 2.40. The van der Waals surface area contributed by atoms with Crippen LogP contribution in [0, 0.1) is 0 Å². The summed E-state index contributed by atoms with van der Waals surface area (Å²) < 4.78 is 5.55. The first-order valence-corrected chi connectivity index (χ1v) is 14.3. The first-order chi connectivity index (χ1) is 20.7. The normalized spacial score (nSPS) is 12.7. The Morgan fingerprint density at radius 2 is 1.29 bits per heavy atom. The van der Waals surface area contributed by atoms with Gasteiger partial charge in [-0.1, -0.05) is 98.3 Å². The monoisotopic (exact) mass is 549 g/mol. The molecule has 0 bridgehead atoms. The van der Waals surface area contributed by atoms with Gasteiger partial charge in [-0.05, 0) is 60.0 Å². The molecule has 206 valence electrons. The van der Waals surface area contributed by atoms with Gasteiger partial charge in [-0.2, -0.15) is 5.10 Å². The van der Waals surface area contributed by atoms with Crippen molar-refractivity contribution in [1.82, 2.24) is 0 Å². The summed E-state index contributed by atoms with van der Waals surface area (Å²) in [4.78, 5) is 15.2. The second-order valence-electron chi connectivity index (χ2n) is 10.1. The molecule has 1 aliphatic carbocycles. The fourth-order valence-electron chi connectivity index (χ4n) is 5.22. The van der Waals surface area contributed by atoms with E-state index in [4.69, 9.17) is 4.74 Å². The van der Waals surface area contributed by atoms with Gasteiger partial charge in [0.1, 0.15) is 5.71 Å². The number of nitrogens with zero attached hydrogens (tertiary/aromatic N) is 3. The van der Waals surface area contributed by atoms with Gasteiger partial charge in [-0.15, -0.1) is 5.10 Å². The molecular weight excluding hydrogens is 518 g/mol. The smallest absolute Gasteiger partial charge is 0.338 e. The van der Waals surface area contributed by atoms with Gasteiger partial charge < -0.3 is 9.64 Å². The Kier molecular flexibility index (Phi) is 8.00. The Morgan fingerprint density at radius 1 is 0.690 bits per heavy atom. The van der Waals surface area contributed by atoms with Crippen molar-refractivity contribution >= 4 is 35.0 Å². The van der Waals surface area contributed by atoms with Crippen molar-refractivity contribution in [3.8, 4) is 11.1 Å². The largest absolute Gasteiger partial charge is 0.462 e. The number of benzene rings is 5. The average Bonchev–Trinajstić information content (AvgIpc) is 3.37. The zero-order chi connectivity index (χ0) is 28.7. The molecule has 0 unspecified atom stereocenters. The topological polar surface area (TPSA) is 54.3 Å². The Balaban J connectivity index is 1.29. The second kappa shape index (κ2) is 12.5. The van der Waals surface area contributed by atoms with Crippen LogP contribution in [-0.2, 0) is 4.74 Å². The van der Waals surface area contributed by atoms with Gasteiger partial charge >= 0.3 is 5.97 Å². The van der Waals surface area contributed by atoms with Crippen LogP contribution in [0.5, 0.6) is 0 Å². The van der Waals surface area contributed by atoms with E-state index in [0.29, 0.717) is 12.2 Å². The third kappa shape index (κ3) is 5.50. The van der Waals surface area contributed by atoms with E-state index in [1.54, 1.807) is 6.21 Å². The Morgan fingerprint density at radius 3 is 1.95 bits per heavy atom. The molecule has 0 N–H and O–H groups in total. The summed E-state index contributed by atoms with van der Waals surface area (Å²) in [5.74, 6) is -0.306. The average molecular weight is 550 g/mol. The summed E-state index contributed by atoms with van der Waals surface area (Å²) in [6.45, 7) is 2.49. The lowest BCUT2D eigenvalue weighted by Crippen LogP contribution is -2.09. The Hall–Kier alpha value is -5.29. The van der Waals surface area contributed by atoms with Crippen molar-refractivity contribution in [3.05, 3.63) is 150 Å². The van der Waals surface area contributed by atoms with Crippen LogP contribution >= 0.6 is 0 Å². The number of fused-ring (bicyclic) bond motifs is 3. The molecule has 0 radical (unpaired) electrons. The van der Waals surface area contributed by atoms with Crippen LogP contribution in [0.3, 0.4) is 0 Å². The fourth-order valence-corrected chi connectivity index (χ4v) is 5.22. The number of rotatable bonds is 9. The minimum Gasteiger partial charge on any atom is -0.462 e. The summed E-state index contributed by atoms with van der Waals surface area (Å²) in [7, 11) is 0. The standard InChI is InChI=1S/C37H31N3O2/c1-2-3-25-42-37(41)34-20-12-19-33-35(34)31-17-10-11-18-32(31)36(33)39-38-26-27-21-23-30(24-22-27)40(28-13-6-4-7-14-28)29-15-8-5-9-16-29/h4-24,26H,2-3,25H2,1H3. The number of hydrogen-bond acceptors (Lipinski definition) is 5. The number of hydrogen-bond donors (Lipinski definition) is 0. The van der Waals surface area contributed by atoms with Crippen molar-refractivity contribution in [2.45, 2.75) is 19.8 Å². The van der Waals surface area contributed by atoms with Crippen LogP contribution in [0.15, 0.2) is 138 Å². The summed E-state index contributed by atoms with van der Waals surface area (Å²) >= 11 is 0. The number of esters is 1. The highest BCUT2D eigenvalue weighted by molar-refractivity contribution is 6.26. The van der Waals surface area contributed by atoms with E-state index in [-0.39, 0.29) is 5.97 Å². The summed E-state index contributed by atoms with van der Waals surface area (Å²) in [5, 5.41) is 9.13. The molecule has 0 fully saturated rings. The van der Waals surface area contributed by atoms with Crippen LogP contribution in [0.1, 0.15) is 46.8 Å². The molecule has 42 heavy (non-hydrogen) atoms. The highest BCUT2D eigenvalue weighted by atomic mass is 16.5. The van der Waals surface area contributed by atoms with Gasteiger partial charge in [0.2, 0.25) is 0 Å². The minimum atomic E-state index is -0.306. The molecule has 6 rings (SSSR count). The Bertz CT molecular complexity index is 1700. The molecule has 0 saturated heterocycles. The van der Waals surface area contributed by atoms with Crippen LogP contribution in [-0.4, -0.2) is 24.5 Å². The van der Waals surface area contributed by atoms with Crippen molar-refractivity contribution in [2.75, 3.05) is 11.5 Å². The lowest BCUT2D eigenvalue weighted by molar-refractivity contribution is 0.0500. The summed E-state index contributed by atoms with van der Waals surface area (Å²) in [6, 6.07) is 42.6. The predicted octanol–water partition coefficient (Wildman–Crippen LogP) is 8.97. The SMILES string of the molecule is CCCCOC(=O)c1cccc2c1-c1ccccc1C2=NN=Cc1ccc(N(c2ccccc2)c2ccccc2)cc1. The van der Waals surface area contributed by atoms with E-state index in [1.165, 1.54) is 0 Å².